The van der Waals surface area contributed by atoms with Gasteiger partial charge in [0.15, 0.2) is 11.5 Å². The highest BCUT2D eigenvalue weighted by Gasteiger charge is 2.29. The number of hydrogen-bond donors (Lipinski definition) is 1. The van der Waals surface area contributed by atoms with Crippen LogP contribution in [0.25, 0.3) is 0 Å². The second-order valence-corrected chi connectivity index (χ2v) is 8.14. The Morgan fingerprint density at radius 3 is 2.60 bits per heavy atom. The number of aryl methyl sites for hydroxylation is 2. The van der Waals surface area contributed by atoms with E-state index in [4.69, 9.17) is 14.5 Å². The van der Waals surface area contributed by atoms with Gasteiger partial charge in [-0.2, -0.15) is 4.39 Å². The fourth-order valence-electron chi connectivity index (χ4n) is 4.45. The van der Waals surface area contributed by atoms with Crippen LogP contribution in [0.5, 0.6) is 11.5 Å². The second kappa shape index (κ2) is 8.68. The zero-order chi connectivity index (χ0) is 21.3. The third kappa shape index (κ3) is 4.03. The highest BCUT2D eigenvalue weighted by molar-refractivity contribution is 5.90. The molecule has 0 aliphatic carbocycles. The summed E-state index contributed by atoms with van der Waals surface area (Å²) in [5, 5.41) is 3.24. The number of nitrogens with one attached hydrogen (secondary N) is 1. The zero-order valence-corrected chi connectivity index (χ0v) is 18.1. The van der Waals surface area contributed by atoms with Crippen molar-refractivity contribution in [1.29, 1.82) is 0 Å². The Kier molecular flexibility index (Phi) is 5.99. The fourth-order valence-corrected chi connectivity index (χ4v) is 4.45. The molecular weight excluding hydrogens is 383 g/mol. The van der Waals surface area contributed by atoms with Gasteiger partial charge < -0.3 is 14.8 Å². The third-order valence-electron chi connectivity index (χ3n) is 6.20. The van der Waals surface area contributed by atoms with E-state index in [0.29, 0.717) is 11.6 Å². The van der Waals surface area contributed by atoms with Crippen LogP contribution in [-0.2, 0) is 12.8 Å². The second-order valence-electron chi connectivity index (χ2n) is 8.14. The molecule has 0 spiro atoms. The number of nitrogens with zero attached hydrogens (tertiary/aromatic N) is 3. The van der Waals surface area contributed by atoms with E-state index in [1.54, 1.807) is 0 Å². The van der Waals surface area contributed by atoms with Crippen molar-refractivity contribution in [3.63, 3.8) is 0 Å². The highest BCUT2D eigenvalue weighted by atomic mass is 19.1. The van der Waals surface area contributed by atoms with Crippen LogP contribution < -0.4 is 14.8 Å². The van der Waals surface area contributed by atoms with Crippen molar-refractivity contribution in [3.05, 3.63) is 40.7 Å². The van der Waals surface area contributed by atoms with Gasteiger partial charge in [-0.3, -0.25) is 4.99 Å². The van der Waals surface area contributed by atoms with Gasteiger partial charge >= 0.3 is 6.08 Å². The van der Waals surface area contributed by atoms with Crippen molar-refractivity contribution in [2.75, 3.05) is 20.4 Å². The van der Waals surface area contributed by atoms with Gasteiger partial charge in [0.25, 0.3) is 0 Å². The Balaban J connectivity index is 1.74. The highest BCUT2D eigenvalue weighted by Crippen LogP contribution is 2.40. The molecule has 6 nitrogen and oxygen atoms in total. The Bertz CT molecular complexity index is 976. The molecule has 2 unspecified atom stereocenters. The molecular formula is C23H29FN4O2. The number of aromatic nitrogens is 2. The first-order chi connectivity index (χ1) is 14.5. The summed E-state index contributed by atoms with van der Waals surface area (Å²) >= 11 is 0. The monoisotopic (exact) mass is 412 g/mol. The predicted octanol–water partition coefficient (Wildman–Crippen LogP) is 4.26. The molecule has 1 N–H and O–H groups in total. The van der Waals surface area contributed by atoms with E-state index in [1.165, 1.54) is 11.1 Å². The molecule has 7 heteroatoms. The van der Waals surface area contributed by atoms with Crippen LogP contribution >= 0.6 is 0 Å². The van der Waals surface area contributed by atoms with Gasteiger partial charge in [-0.15, -0.1) is 0 Å². The van der Waals surface area contributed by atoms with Gasteiger partial charge in [0.1, 0.15) is 5.69 Å². The Labute approximate surface area is 176 Å². The Morgan fingerprint density at radius 2 is 1.90 bits per heavy atom. The number of halogens is 1. The Hall–Kier alpha value is -2.54. The van der Waals surface area contributed by atoms with Gasteiger partial charge in [-0.25, -0.2) is 9.97 Å². The summed E-state index contributed by atoms with van der Waals surface area (Å²) in [6.45, 7) is 7.24. The summed E-state index contributed by atoms with van der Waals surface area (Å²) in [6.07, 6.45) is 2.77. The molecule has 0 saturated carbocycles. The number of fused-ring (bicyclic) bond motifs is 2. The maximum Gasteiger partial charge on any atom is 0.309 e. The lowest BCUT2D eigenvalue weighted by molar-refractivity contribution is 0.174. The molecule has 1 aromatic heterocycles. The predicted molar refractivity (Wildman–Crippen MR) is 115 cm³/mol. The summed E-state index contributed by atoms with van der Waals surface area (Å²) in [4.78, 5) is 13.1. The molecule has 0 saturated heterocycles. The number of benzene rings is 1. The van der Waals surface area contributed by atoms with Crippen molar-refractivity contribution in [1.82, 2.24) is 15.3 Å². The molecule has 30 heavy (non-hydrogen) atoms. The molecule has 2 atom stereocenters. The van der Waals surface area contributed by atoms with Gasteiger partial charge in [-0.1, -0.05) is 13.8 Å². The van der Waals surface area contributed by atoms with Crippen LogP contribution in [0.4, 0.5) is 10.1 Å². The zero-order valence-electron chi connectivity index (χ0n) is 18.1. The lowest BCUT2D eigenvalue weighted by Gasteiger charge is -2.22. The van der Waals surface area contributed by atoms with Crippen molar-refractivity contribution in [2.24, 2.45) is 10.9 Å². The van der Waals surface area contributed by atoms with E-state index in [9.17, 15) is 4.39 Å². The van der Waals surface area contributed by atoms with Gasteiger partial charge in [0, 0.05) is 18.1 Å². The molecule has 2 aliphatic heterocycles. The van der Waals surface area contributed by atoms with Crippen molar-refractivity contribution >= 4 is 11.4 Å². The quantitative estimate of drug-likeness (QED) is 0.718. The molecule has 0 amide bonds. The smallest absolute Gasteiger partial charge is 0.309 e. The van der Waals surface area contributed by atoms with Crippen LogP contribution in [0.15, 0.2) is 17.1 Å². The molecule has 2 aliphatic rings. The van der Waals surface area contributed by atoms with E-state index in [1.807, 2.05) is 14.0 Å². The summed E-state index contributed by atoms with van der Waals surface area (Å²) in [5.74, 6) is 2.03. The van der Waals surface area contributed by atoms with Crippen LogP contribution in [0.3, 0.4) is 0 Å². The minimum absolute atomic E-state index is 0.105. The molecule has 1 aromatic carbocycles. The van der Waals surface area contributed by atoms with Gasteiger partial charge in [0.05, 0.1) is 11.4 Å². The standard InChI is InChI=1S/C23H29FN4O2/c1-5-15-10-19-20(30-12-29-19)11-17(15)9-18-8-16(6-7-25-4)13(2)21-22(27-18)14(3)26-23(24)28-21/h10-11,13,16,25H,5-9,12H2,1-4H3. The third-order valence-corrected chi connectivity index (χ3v) is 6.20. The average molecular weight is 413 g/mol. The SMILES string of the molecule is CCc1cc2c(cc1CC1=Nc3c(C)nc(F)nc3C(C)C(CCNC)C1)OCO2. The summed E-state index contributed by atoms with van der Waals surface area (Å²) in [5.41, 5.74) is 5.55. The number of aliphatic imine (C=N–C) groups is 1. The largest absolute Gasteiger partial charge is 0.454 e. The van der Waals surface area contributed by atoms with Gasteiger partial charge in [-0.05, 0) is 69.0 Å². The topological polar surface area (TPSA) is 68.6 Å². The lowest BCUT2D eigenvalue weighted by atomic mass is 9.83. The molecule has 0 bridgehead atoms. The molecule has 2 aromatic rings. The average Bonchev–Trinajstić information content (AvgIpc) is 3.13. The van der Waals surface area contributed by atoms with E-state index in [2.05, 4.69) is 41.3 Å². The van der Waals surface area contributed by atoms with Crippen LogP contribution in [0, 0.1) is 18.9 Å². The number of ether oxygens (including phenoxy) is 2. The fraction of sp³-hybridized carbons (Fsp3) is 0.522. The first-order valence-electron chi connectivity index (χ1n) is 10.7. The summed E-state index contributed by atoms with van der Waals surface area (Å²) in [6, 6.07) is 4.16. The number of hydrogen-bond acceptors (Lipinski definition) is 6. The van der Waals surface area contributed by atoms with Crippen LogP contribution in [0.2, 0.25) is 0 Å². The minimum atomic E-state index is -0.673. The molecule has 4 rings (SSSR count). The van der Waals surface area contributed by atoms with Crippen molar-refractivity contribution < 1.29 is 13.9 Å². The summed E-state index contributed by atoms with van der Waals surface area (Å²) in [7, 11) is 1.95. The minimum Gasteiger partial charge on any atom is -0.454 e. The van der Waals surface area contributed by atoms with Gasteiger partial charge in [0.2, 0.25) is 6.79 Å². The van der Waals surface area contributed by atoms with Crippen molar-refractivity contribution in [2.45, 2.75) is 52.4 Å². The van der Waals surface area contributed by atoms with E-state index in [-0.39, 0.29) is 12.7 Å². The lowest BCUT2D eigenvalue weighted by Crippen LogP contribution is -2.21. The molecule has 160 valence electrons. The van der Waals surface area contributed by atoms with E-state index in [0.717, 1.165) is 60.8 Å². The first-order valence-corrected chi connectivity index (χ1v) is 10.7. The first kappa shape index (κ1) is 20.7. The normalized spacial score (nSPS) is 20.0. The number of rotatable bonds is 6. The van der Waals surface area contributed by atoms with E-state index >= 15 is 0 Å². The van der Waals surface area contributed by atoms with E-state index < -0.39 is 6.08 Å². The molecule has 0 fully saturated rings. The Morgan fingerprint density at radius 1 is 1.17 bits per heavy atom. The van der Waals surface area contributed by atoms with Crippen LogP contribution in [0.1, 0.15) is 55.1 Å². The maximum absolute atomic E-state index is 14.0. The molecule has 3 heterocycles. The molecule has 0 radical (unpaired) electrons. The maximum atomic E-state index is 14.0. The van der Waals surface area contributed by atoms with Crippen LogP contribution in [-0.4, -0.2) is 36.1 Å². The summed E-state index contributed by atoms with van der Waals surface area (Å²) < 4.78 is 25.1. The van der Waals surface area contributed by atoms with Crippen molar-refractivity contribution in [3.8, 4) is 11.5 Å².